The monoisotopic (exact) mass is 408 g/mol. The van der Waals surface area contributed by atoms with Crippen LogP contribution in [0.1, 0.15) is 40.3 Å². The molecule has 1 aliphatic carbocycles. The zero-order chi connectivity index (χ0) is 20.4. The lowest BCUT2D eigenvalue weighted by Gasteiger charge is -2.27. The molecule has 0 saturated carbocycles. The lowest BCUT2D eigenvalue weighted by Crippen LogP contribution is -2.33. The smallest absolute Gasteiger partial charge is 0.187 e. The lowest BCUT2D eigenvalue weighted by atomic mass is 9.73. The van der Waals surface area contributed by atoms with Gasteiger partial charge in [0.1, 0.15) is 5.76 Å². The molecule has 29 heavy (non-hydrogen) atoms. The molecule has 2 bridgehead atoms. The van der Waals surface area contributed by atoms with Crippen LogP contribution in [0.3, 0.4) is 0 Å². The first kappa shape index (κ1) is 18.8. The number of aliphatic hydroxyl groups is 1. The average Bonchev–Trinajstić information content (AvgIpc) is 3.34. The molecule has 1 aromatic carbocycles. The number of Topliss-reactive ketones (excluding diaryl/α,β-unsaturated/α-hetero) is 1. The van der Waals surface area contributed by atoms with Gasteiger partial charge in [0.05, 0.1) is 35.3 Å². The maximum absolute atomic E-state index is 13.4. The molecule has 5 atom stereocenters. The number of rotatable bonds is 3. The minimum absolute atomic E-state index is 0.0287. The van der Waals surface area contributed by atoms with Gasteiger partial charge in [-0.15, -0.1) is 0 Å². The van der Waals surface area contributed by atoms with Crippen molar-refractivity contribution in [1.29, 1.82) is 0 Å². The quantitative estimate of drug-likeness (QED) is 0.607. The highest BCUT2D eigenvalue weighted by atomic mass is 32.2. The number of aliphatic hydroxyl groups excluding tert-OH is 1. The van der Waals surface area contributed by atoms with E-state index in [1.807, 2.05) is 33.1 Å². The van der Waals surface area contributed by atoms with Crippen molar-refractivity contribution >= 4 is 23.1 Å². The highest BCUT2D eigenvalue weighted by Gasteiger charge is 2.63. The van der Waals surface area contributed by atoms with Crippen molar-refractivity contribution in [3.63, 3.8) is 0 Å². The van der Waals surface area contributed by atoms with Gasteiger partial charge in [-0.25, -0.2) is 9.97 Å². The van der Waals surface area contributed by atoms with E-state index in [4.69, 9.17) is 4.74 Å². The number of fused-ring (bicyclic) bond motifs is 5. The van der Waals surface area contributed by atoms with Crippen LogP contribution in [0, 0.1) is 32.6 Å². The molecule has 0 spiro atoms. The highest BCUT2D eigenvalue weighted by Crippen LogP contribution is 2.58. The Kier molecular flexibility index (Phi) is 4.33. The van der Waals surface area contributed by atoms with Gasteiger partial charge >= 0.3 is 0 Å². The molecule has 0 radical (unpaired) electrons. The molecule has 1 aromatic heterocycles. The normalized spacial score (nSPS) is 30.3. The van der Waals surface area contributed by atoms with E-state index >= 15 is 0 Å². The number of nitrogens with zero attached hydrogens (tertiary/aromatic N) is 2. The molecule has 150 valence electrons. The maximum Gasteiger partial charge on any atom is 0.187 e. The summed E-state index contributed by atoms with van der Waals surface area (Å²) in [6, 6.07) is 6.07. The van der Waals surface area contributed by atoms with E-state index in [0.717, 1.165) is 39.5 Å². The van der Waals surface area contributed by atoms with Gasteiger partial charge in [-0.05, 0) is 56.2 Å². The van der Waals surface area contributed by atoms with Crippen molar-refractivity contribution in [2.75, 3.05) is 6.26 Å². The molecule has 2 aliphatic heterocycles. The van der Waals surface area contributed by atoms with Crippen LogP contribution in [0.25, 0.3) is 5.57 Å². The van der Waals surface area contributed by atoms with Crippen molar-refractivity contribution in [2.24, 2.45) is 11.8 Å². The Labute approximate surface area is 174 Å². The second kappa shape index (κ2) is 6.67. The summed E-state index contributed by atoms with van der Waals surface area (Å²) in [5.41, 5.74) is 5.54. The van der Waals surface area contributed by atoms with E-state index in [0.29, 0.717) is 5.57 Å². The topological polar surface area (TPSA) is 72.3 Å². The van der Waals surface area contributed by atoms with Crippen molar-refractivity contribution in [3.8, 4) is 0 Å². The van der Waals surface area contributed by atoms with Gasteiger partial charge in [0, 0.05) is 12.1 Å². The average molecular weight is 409 g/mol. The van der Waals surface area contributed by atoms with Gasteiger partial charge in [-0.2, -0.15) is 0 Å². The number of aromatic nitrogens is 2. The van der Waals surface area contributed by atoms with Crippen LogP contribution >= 0.6 is 11.8 Å². The van der Waals surface area contributed by atoms with Crippen LogP contribution < -0.4 is 0 Å². The number of hydrogen-bond acceptors (Lipinski definition) is 6. The van der Waals surface area contributed by atoms with E-state index in [2.05, 4.69) is 22.1 Å². The fourth-order valence-corrected chi connectivity index (χ4v) is 5.99. The zero-order valence-corrected chi connectivity index (χ0v) is 17.8. The van der Waals surface area contributed by atoms with Crippen molar-refractivity contribution < 1.29 is 14.6 Å². The number of ketones is 1. The third-order valence-corrected chi connectivity index (χ3v) is 7.18. The number of thioether (sulfide) groups is 1. The van der Waals surface area contributed by atoms with Crippen molar-refractivity contribution in [2.45, 2.75) is 50.5 Å². The Morgan fingerprint density at radius 1 is 1.17 bits per heavy atom. The van der Waals surface area contributed by atoms with E-state index in [1.54, 1.807) is 6.20 Å². The van der Waals surface area contributed by atoms with Crippen molar-refractivity contribution in [1.82, 2.24) is 9.97 Å². The number of benzene rings is 1. The molecule has 5 nitrogen and oxygen atoms in total. The minimum atomic E-state index is -0.284. The zero-order valence-electron chi connectivity index (χ0n) is 17.0. The van der Waals surface area contributed by atoms with Gasteiger partial charge in [0.15, 0.2) is 10.9 Å². The number of ether oxygens (including phenoxy) is 1. The Hall–Kier alpha value is -2.18. The first-order valence-corrected chi connectivity index (χ1v) is 11.2. The number of carbonyl (C=O) groups excluding carboxylic acids is 1. The van der Waals surface area contributed by atoms with Crippen LogP contribution in [0.5, 0.6) is 0 Å². The Balaban J connectivity index is 1.56. The second-order valence-corrected chi connectivity index (χ2v) is 9.17. The summed E-state index contributed by atoms with van der Waals surface area (Å²) in [7, 11) is 0. The Bertz CT molecular complexity index is 1040. The molecule has 3 unspecified atom stereocenters. The largest absolute Gasteiger partial charge is 0.511 e. The van der Waals surface area contributed by atoms with Crippen LogP contribution in [0.2, 0.25) is 0 Å². The molecular weight excluding hydrogens is 384 g/mol. The van der Waals surface area contributed by atoms with Crippen LogP contribution in [0.4, 0.5) is 0 Å². The Morgan fingerprint density at radius 3 is 2.59 bits per heavy atom. The summed E-state index contributed by atoms with van der Waals surface area (Å²) in [5, 5.41) is 12.0. The fourth-order valence-electron chi connectivity index (χ4n) is 5.63. The molecule has 3 aliphatic rings. The summed E-state index contributed by atoms with van der Waals surface area (Å²) in [6.07, 6.45) is 4.10. The summed E-state index contributed by atoms with van der Waals surface area (Å²) < 4.78 is 6.20. The third-order valence-electron chi connectivity index (χ3n) is 6.62. The molecular formula is C23H24N2O3S. The number of allylic oxidation sites excluding steroid dienone is 1. The summed E-state index contributed by atoms with van der Waals surface area (Å²) in [5.74, 6) is -0.265. The van der Waals surface area contributed by atoms with Crippen LogP contribution in [0.15, 0.2) is 35.3 Å². The first-order valence-electron chi connectivity index (χ1n) is 9.98. The predicted molar refractivity (Wildman–Crippen MR) is 112 cm³/mol. The van der Waals surface area contributed by atoms with Gasteiger partial charge in [0.2, 0.25) is 0 Å². The SMILES string of the molecule is CSc1nccc(C2CC3OC2[C@H]2C(O)=C(c4c(C)cc(C)cc4C)C(=O)[C@@H]32)n1. The minimum Gasteiger partial charge on any atom is -0.511 e. The molecule has 2 aromatic rings. The van der Waals surface area contributed by atoms with Gasteiger partial charge < -0.3 is 9.84 Å². The van der Waals surface area contributed by atoms with Gasteiger partial charge in [-0.1, -0.05) is 29.5 Å². The van der Waals surface area contributed by atoms with E-state index < -0.39 is 0 Å². The molecule has 2 fully saturated rings. The molecule has 6 heteroatoms. The van der Waals surface area contributed by atoms with E-state index in [-0.39, 0.29) is 41.5 Å². The summed E-state index contributed by atoms with van der Waals surface area (Å²) in [4.78, 5) is 22.3. The third kappa shape index (κ3) is 2.69. The second-order valence-electron chi connectivity index (χ2n) is 8.40. The Morgan fingerprint density at radius 2 is 1.90 bits per heavy atom. The number of hydrogen-bond donors (Lipinski definition) is 1. The van der Waals surface area contributed by atoms with Crippen LogP contribution in [-0.2, 0) is 9.53 Å². The van der Waals surface area contributed by atoms with E-state index in [9.17, 15) is 9.90 Å². The van der Waals surface area contributed by atoms with Gasteiger partial charge in [-0.3, -0.25) is 4.79 Å². The maximum atomic E-state index is 13.4. The summed E-state index contributed by atoms with van der Waals surface area (Å²) >= 11 is 1.51. The predicted octanol–water partition coefficient (Wildman–Crippen LogP) is 4.16. The first-order chi connectivity index (χ1) is 13.9. The molecule has 2 saturated heterocycles. The van der Waals surface area contributed by atoms with Gasteiger partial charge in [0.25, 0.3) is 0 Å². The fraction of sp³-hybridized carbons (Fsp3) is 0.435. The number of aryl methyl sites for hydroxylation is 3. The lowest BCUT2D eigenvalue weighted by molar-refractivity contribution is -0.118. The standard InChI is InChI=1S/C23H24N2O3S/c1-10-7-11(2)16(12(3)8-10)18-20(26)17-15-9-13(22(28-15)19(17)21(18)27)14-5-6-24-23(25-14)29-4/h5-8,13,15,17,19,22,27H,9H2,1-4H3/t13?,15?,17-,19+,22?/m0/s1. The van der Waals surface area contributed by atoms with Crippen LogP contribution in [-0.4, -0.2) is 39.3 Å². The molecule has 1 N–H and O–H groups in total. The van der Waals surface area contributed by atoms with Crippen molar-refractivity contribution in [3.05, 3.63) is 58.1 Å². The highest BCUT2D eigenvalue weighted by molar-refractivity contribution is 7.98. The number of carbonyl (C=O) groups is 1. The van der Waals surface area contributed by atoms with E-state index in [1.165, 1.54) is 11.8 Å². The summed E-state index contributed by atoms with van der Waals surface area (Å²) in [6.45, 7) is 6.07. The molecule has 3 heterocycles. The molecule has 0 amide bonds. The molecule has 5 rings (SSSR count).